The molecule has 8 nitrogen and oxygen atoms in total. The van der Waals surface area contributed by atoms with E-state index in [9.17, 15) is 23.1 Å². The number of carbonyl (C=O) groups excluding carboxylic acids is 1. The van der Waals surface area contributed by atoms with Crippen LogP contribution in [0.5, 0.6) is 11.5 Å². The van der Waals surface area contributed by atoms with Gasteiger partial charge in [0.25, 0.3) is 5.91 Å². The zero-order valence-electron chi connectivity index (χ0n) is 22.4. The van der Waals surface area contributed by atoms with Crippen LogP contribution in [0.25, 0.3) is 0 Å². The number of ether oxygens (including phenoxy) is 4. The lowest BCUT2D eigenvalue weighted by Crippen LogP contribution is -2.58. The third kappa shape index (κ3) is 10.5. The molecular formula is C25H42ClF3N2O6. The summed E-state index contributed by atoms with van der Waals surface area (Å²) in [4.78, 5) is 12.1. The number of halogens is 4. The van der Waals surface area contributed by atoms with E-state index >= 15 is 0 Å². The van der Waals surface area contributed by atoms with E-state index in [2.05, 4.69) is 10.1 Å². The molecule has 0 saturated carbocycles. The molecule has 216 valence electrons. The quantitative estimate of drug-likeness (QED) is 0.266. The van der Waals surface area contributed by atoms with Gasteiger partial charge in [-0.25, -0.2) is 0 Å². The molecule has 0 aromatic heterocycles. The zero-order valence-corrected chi connectivity index (χ0v) is 23.2. The Balaban J connectivity index is 0.0000130. The number of alkyl halides is 3. The first-order valence-corrected chi connectivity index (χ1v) is 11.9. The predicted molar refractivity (Wildman–Crippen MR) is 137 cm³/mol. The van der Waals surface area contributed by atoms with Crippen molar-refractivity contribution in [1.29, 1.82) is 0 Å². The number of hydrogen-bond donors (Lipinski definition) is 3. The fourth-order valence-corrected chi connectivity index (χ4v) is 3.60. The minimum Gasteiger partial charge on any atom is -0.493 e. The van der Waals surface area contributed by atoms with E-state index in [1.807, 2.05) is 32.0 Å². The lowest BCUT2D eigenvalue weighted by atomic mass is 9.83. The van der Waals surface area contributed by atoms with Gasteiger partial charge in [-0.3, -0.25) is 4.79 Å². The first-order valence-electron chi connectivity index (χ1n) is 11.9. The number of methoxy groups -OCH3 is 3. The molecule has 0 aliphatic heterocycles. The summed E-state index contributed by atoms with van der Waals surface area (Å²) < 4.78 is 60.2. The Bertz CT molecular complexity index is 815. The van der Waals surface area contributed by atoms with E-state index < -0.39 is 36.4 Å². The Kier molecular flexibility index (Phi) is 15.4. The topological polar surface area (TPSA) is 112 Å². The van der Waals surface area contributed by atoms with Crippen LogP contribution in [-0.2, 0) is 20.7 Å². The van der Waals surface area contributed by atoms with Gasteiger partial charge in [0.05, 0.1) is 19.8 Å². The molecule has 0 fully saturated rings. The molecule has 1 aromatic carbocycles. The second kappa shape index (κ2) is 16.2. The van der Waals surface area contributed by atoms with Crippen molar-refractivity contribution >= 4 is 18.3 Å². The highest BCUT2D eigenvalue weighted by Gasteiger charge is 2.57. The van der Waals surface area contributed by atoms with Gasteiger partial charge in [-0.2, -0.15) is 13.2 Å². The predicted octanol–water partition coefficient (Wildman–Crippen LogP) is 3.51. The molecule has 0 aliphatic carbocycles. The average Bonchev–Trinajstić information content (AvgIpc) is 2.83. The molecule has 1 amide bonds. The highest BCUT2D eigenvalue weighted by molar-refractivity contribution is 5.86. The van der Waals surface area contributed by atoms with Crippen LogP contribution in [0.15, 0.2) is 18.2 Å². The number of rotatable bonds is 16. The summed E-state index contributed by atoms with van der Waals surface area (Å²) in [6.45, 7) is 5.32. The van der Waals surface area contributed by atoms with Crippen LogP contribution >= 0.6 is 12.4 Å². The minimum atomic E-state index is -4.91. The van der Waals surface area contributed by atoms with Gasteiger partial charge in [-0.15, -0.1) is 12.4 Å². The molecule has 0 radical (unpaired) electrons. The molecule has 0 heterocycles. The van der Waals surface area contributed by atoms with Crippen LogP contribution < -0.4 is 20.5 Å². The number of amides is 1. The second-order valence-electron chi connectivity index (χ2n) is 9.30. The molecule has 1 rings (SSSR count). The van der Waals surface area contributed by atoms with Crippen molar-refractivity contribution in [2.24, 2.45) is 17.6 Å². The number of aliphatic hydroxyl groups is 1. The van der Waals surface area contributed by atoms with E-state index in [1.165, 1.54) is 0 Å². The van der Waals surface area contributed by atoms with Crippen LogP contribution in [-0.4, -0.2) is 76.0 Å². The molecule has 0 aliphatic rings. The van der Waals surface area contributed by atoms with Gasteiger partial charge in [0.15, 0.2) is 11.5 Å². The van der Waals surface area contributed by atoms with Gasteiger partial charge in [-0.1, -0.05) is 19.9 Å². The van der Waals surface area contributed by atoms with E-state index in [1.54, 1.807) is 14.2 Å². The minimum absolute atomic E-state index is 0. The molecule has 0 saturated heterocycles. The lowest BCUT2D eigenvalue weighted by Gasteiger charge is -2.31. The molecule has 0 spiro atoms. The molecule has 4 N–H and O–H groups in total. The fraction of sp³-hybridized carbons (Fsp3) is 0.720. The first-order chi connectivity index (χ1) is 16.8. The Hall–Kier alpha value is -1.79. The smallest absolute Gasteiger partial charge is 0.426 e. The molecular weight excluding hydrogens is 517 g/mol. The van der Waals surface area contributed by atoms with Gasteiger partial charge >= 0.3 is 6.18 Å². The Morgan fingerprint density at radius 3 is 2.30 bits per heavy atom. The Morgan fingerprint density at radius 1 is 1.14 bits per heavy atom. The Labute approximate surface area is 223 Å². The van der Waals surface area contributed by atoms with E-state index in [4.69, 9.17) is 19.9 Å². The number of aliphatic hydroxyl groups excluding tert-OH is 1. The fourth-order valence-electron chi connectivity index (χ4n) is 3.60. The molecule has 4 atom stereocenters. The Morgan fingerprint density at radius 2 is 1.78 bits per heavy atom. The number of nitrogens with one attached hydrogen (secondary N) is 1. The van der Waals surface area contributed by atoms with Gasteiger partial charge in [0, 0.05) is 39.8 Å². The van der Waals surface area contributed by atoms with Crippen molar-refractivity contribution in [3.05, 3.63) is 23.8 Å². The molecule has 0 bridgehead atoms. The summed E-state index contributed by atoms with van der Waals surface area (Å²) in [6, 6.07) is 4.91. The SMILES string of the molecule is COCCCOc1cc(CC(CC(N)C(O)CNC(=O)[C@@](C)(OC)C(F)(F)F)C(C)C)ccc1OC.Cl. The van der Waals surface area contributed by atoms with Crippen molar-refractivity contribution in [1.82, 2.24) is 5.32 Å². The number of carbonyl (C=O) groups is 1. The highest BCUT2D eigenvalue weighted by atomic mass is 35.5. The number of benzene rings is 1. The summed E-state index contributed by atoms with van der Waals surface area (Å²) in [5.41, 5.74) is 4.16. The van der Waals surface area contributed by atoms with Crippen molar-refractivity contribution in [3.8, 4) is 11.5 Å². The number of nitrogens with two attached hydrogens (primary N) is 1. The molecule has 3 unspecified atom stereocenters. The highest BCUT2D eigenvalue weighted by Crippen LogP contribution is 2.33. The van der Waals surface area contributed by atoms with Gasteiger partial charge in [-0.05, 0) is 49.3 Å². The summed E-state index contributed by atoms with van der Waals surface area (Å²) in [5.74, 6) is 0.0986. The first kappa shape index (κ1) is 35.2. The molecule has 1 aromatic rings. The van der Waals surface area contributed by atoms with E-state index in [0.29, 0.717) is 44.5 Å². The van der Waals surface area contributed by atoms with Crippen molar-refractivity contribution in [3.63, 3.8) is 0 Å². The van der Waals surface area contributed by atoms with E-state index in [0.717, 1.165) is 19.1 Å². The third-order valence-corrected chi connectivity index (χ3v) is 6.34. The van der Waals surface area contributed by atoms with Gasteiger partial charge in [0.1, 0.15) is 0 Å². The van der Waals surface area contributed by atoms with E-state index in [-0.39, 0.29) is 24.2 Å². The van der Waals surface area contributed by atoms with Gasteiger partial charge in [0.2, 0.25) is 5.60 Å². The van der Waals surface area contributed by atoms with Crippen LogP contribution in [0.1, 0.15) is 39.2 Å². The summed E-state index contributed by atoms with van der Waals surface area (Å²) in [6.07, 6.45) is -4.38. The van der Waals surface area contributed by atoms with Crippen LogP contribution in [0.2, 0.25) is 0 Å². The maximum atomic E-state index is 13.2. The van der Waals surface area contributed by atoms with Crippen molar-refractivity contribution in [2.45, 2.75) is 64.0 Å². The average molecular weight is 559 g/mol. The summed E-state index contributed by atoms with van der Waals surface area (Å²) >= 11 is 0. The third-order valence-electron chi connectivity index (χ3n) is 6.34. The monoisotopic (exact) mass is 558 g/mol. The normalized spacial score (nSPS) is 15.8. The maximum Gasteiger partial charge on any atom is 0.426 e. The van der Waals surface area contributed by atoms with Gasteiger partial charge < -0.3 is 35.1 Å². The lowest BCUT2D eigenvalue weighted by molar-refractivity contribution is -0.253. The largest absolute Gasteiger partial charge is 0.493 e. The summed E-state index contributed by atoms with van der Waals surface area (Å²) in [7, 11) is 4.00. The maximum absolute atomic E-state index is 13.2. The number of hydrogen-bond acceptors (Lipinski definition) is 7. The standard InChI is InChI=1S/C25H41F3N2O6.ClH/c1-16(2)18(12-17-8-9-21(34-5)22(13-17)36-11-7-10-33-4)14-19(29)20(31)15-30-23(32)24(3,35-6)25(26,27)28;/h8-9,13,16,18-20,31H,7,10-12,14-15,29H2,1-6H3,(H,30,32);1H/t18?,19?,20?,24-;/m1./s1. The van der Waals surface area contributed by atoms with Crippen molar-refractivity contribution in [2.75, 3.05) is 41.1 Å². The zero-order chi connectivity index (χ0) is 27.5. The molecule has 37 heavy (non-hydrogen) atoms. The van der Waals surface area contributed by atoms with Crippen LogP contribution in [0.3, 0.4) is 0 Å². The van der Waals surface area contributed by atoms with Crippen LogP contribution in [0.4, 0.5) is 13.2 Å². The molecule has 12 heteroatoms. The summed E-state index contributed by atoms with van der Waals surface area (Å²) in [5, 5.41) is 12.6. The van der Waals surface area contributed by atoms with Crippen LogP contribution in [0, 0.1) is 11.8 Å². The van der Waals surface area contributed by atoms with Crippen molar-refractivity contribution < 1.29 is 42.0 Å². The second-order valence-corrected chi connectivity index (χ2v) is 9.30.